The van der Waals surface area contributed by atoms with Crippen molar-refractivity contribution in [3.05, 3.63) is 108 Å². The summed E-state index contributed by atoms with van der Waals surface area (Å²) < 4.78 is 123. The zero-order chi connectivity index (χ0) is 37.2. The van der Waals surface area contributed by atoms with Gasteiger partial charge < -0.3 is 14.1 Å². The van der Waals surface area contributed by atoms with Crippen LogP contribution >= 0.6 is 0 Å². The van der Waals surface area contributed by atoms with Crippen LogP contribution in [0.3, 0.4) is 0 Å². The molecule has 51 heavy (non-hydrogen) atoms. The second kappa shape index (κ2) is 14.6. The van der Waals surface area contributed by atoms with E-state index in [4.69, 9.17) is 25.9 Å². The maximum atomic E-state index is 10.7. The van der Waals surface area contributed by atoms with E-state index >= 15 is 0 Å². The molecule has 2 aromatic carbocycles. The van der Waals surface area contributed by atoms with E-state index in [9.17, 15) is 26.3 Å². The molecule has 9 nitrogen and oxygen atoms in total. The van der Waals surface area contributed by atoms with E-state index in [0.717, 1.165) is 31.6 Å². The molecule has 2 aliphatic heterocycles. The van der Waals surface area contributed by atoms with Gasteiger partial charge in [-0.25, -0.2) is 16.8 Å². The molecule has 0 atom stereocenters. The Morgan fingerprint density at radius 3 is 1.75 bits per heavy atom. The first-order valence-electron chi connectivity index (χ1n) is 15.3. The number of aromatic nitrogens is 3. The smallest absolute Gasteiger partial charge is 0.485 e. The maximum absolute atomic E-state index is 10.7. The first-order valence-corrected chi connectivity index (χ1v) is 18.1. The average molecular weight is 754 g/mol. The highest BCUT2D eigenvalue weighted by Crippen LogP contribution is 2.39. The first-order chi connectivity index (χ1) is 23.8. The van der Waals surface area contributed by atoms with Gasteiger partial charge in [-0.2, -0.15) is 35.5 Å². The third kappa shape index (κ3) is 8.84. The third-order valence-corrected chi connectivity index (χ3v) is 9.29. The molecule has 2 aliphatic rings. The van der Waals surface area contributed by atoms with Crippen LogP contribution in [0, 0.1) is 0 Å². The zero-order valence-corrected chi connectivity index (χ0v) is 28.0. The molecule has 0 bridgehead atoms. The molecular formula is C34H29F6N3O6S2. The summed E-state index contributed by atoms with van der Waals surface area (Å²) in [7, 11) is -12.2. The summed E-state index contributed by atoms with van der Waals surface area (Å²) in [5.41, 5.74) is 0.768. The van der Waals surface area contributed by atoms with Crippen molar-refractivity contribution in [1.82, 2.24) is 4.98 Å². The molecule has 5 heterocycles. The van der Waals surface area contributed by atoms with Crippen molar-refractivity contribution in [1.29, 1.82) is 0 Å². The van der Waals surface area contributed by atoms with Crippen LogP contribution in [0.15, 0.2) is 85.2 Å². The Bertz CT molecular complexity index is 2240. The van der Waals surface area contributed by atoms with Crippen LogP contribution in [-0.4, -0.2) is 41.9 Å². The SMILES string of the molecule is C(=C\c1cc2ccccc2[nH]1)/c1cc[n+]2c(c1)-c1c(ccc3c1-c1cccc[n+]1CCC3)CCC2.O=S(=O)([O-])C(F)(F)F.O=S(=O)([O-])C(F)(F)F. The topological polar surface area (TPSA) is 138 Å². The summed E-state index contributed by atoms with van der Waals surface area (Å²) in [4.78, 5) is 3.52. The van der Waals surface area contributed by atoms with Crippen molar-refractivity contribution in [2.75, 3.05) is 0 Å². The molecule has 0 saturated carbocycles. The van der Waals surface area contributed by atoms with Crippen LogP contribution in [0.5, 0.6) is 0 Å². The number of alkyl halides is 6. The number of H-pyrrole nitrogens is 1. The van der Waals surface area contributed by atoms with Gasteiger partial charge in [0.05, 0.1) is 11.1 Å². The van der Waals surface area contributed by atoms with Gasteiger partial charge in [0.25, 0.3) is 0 Å². The van der Waals surface area contributed by atoms with Gasteiger partial charge >= 0.3 is 11.0 Å². The Morgan fingerprint density at radius 2 is 1.18 bits per heavy atom. The first kappa shape index (κ1) is 37.7. The van der Waals surface area contributed by atoms with Crippen LogP contribution in [0.25, 0.3) is 45.6 Å². The molecule has 7 rings (SSSR count). The Labute approximate surface area is 289 Å². The van der Waals surface area contributed by atoms with Gasteiger partial charge in [-0.3, -0.25) is 0 Å². The average Bonchev–Trinajstić information content (AvgIpc) is 3.25. The van der Waals surface area contributed by atoms with Gasteiger partial charge in [-0.1, -0.05) is 36.4 Å². The minimum atomic E-state index is -6.09. The van der Waals surface area contributed by atoms with Crippen molar-refractivity contribution in [2.45, 2.75) is 49.8 Å². The van der Waals surface area contributed by atoms with Crippen LogP contribution in [0.1, 0.15) is 35.2 Å². The number of para-hydroxylation sites is 1. The summed E-state index contributed by atoms with van der Waals surface area (Å²) in [5.74, 6) is 0. The number of hydrogen-bond donors (Lipinski definition) is 1. The molecule has 0 saturated heterocycles. The number of benzene rings is 2. The second-order valence-corrected chi connectivity index (χ2v) is 14.3. The van der Waals surface area contributed by atoms with Gasteiger partial charge in [-0.05, 0) is 59.2 Å². The Morgan fingerprint density at radius 1 is 0.647 bits per heavy atom. The predicted molar refractivity (Wildman–Crippen MR) is 173 cm³/mol. The summed E-state index contributed by atoms with van der Waals surface area (Å²) in [6.45, 7) is 2.13. The quantitative estimate of drug-likeness (QED) is 0.0981. The summed E-state index contributed by atoms with van der Waals surface area (Å²) in [6.07, 6.45) is 13.6. The number of halogens is 6. The maximum Gasteiger partial charge on any atom is 0.485 e. The Kier molecular flexibility index (Phi) is 10.8. The van der Waals surface area contributed by atoms with E-state index in [2.05, 4.69) is 111 Å². The van der Waals surface area contributed by atoms with Gasteiger partial charge in [-0.15, -0.1) is 0 Å². The van der Waals surface area contributed by atoms with Crippen LogP contribution in [-0.2, 0) is 46.2 Å². The largest absolute Gasteiger partial charge is 0.741 e. The lowest BCUT2D eigenvalue weighted by atomic mass is 9.88. The van der Waals surface area contributed by atoms with E-state index < -0.39 is 31.3 Å². The molecule has 3 aromatic heterocycles. The molecule has 0 unspecified atom stereocenters. The molecule has 0 spiro atoms. The fourth-order valence-electron chi connectivity index (χ4n) is 5.90. The standard InChI is InChI=1S/C32H28N3.2CHF3O3S/c1-2-10-28-26(7-1)22-27(33-28)15-12-23-16-20-35-19-6-9-25-14-13-24-8-5-18-34-17-4-3-11-29(34)31(24)32(25)30(35)21-23;2*2-1(3,4)8(5,6)7/h1-4,7,10-17,20-22H,5-6,8-9,18-19H2;2*(H,5,6,7)/q+1;;/p-1. The Balaban J connectivity index is 0.000000265. The molecule has 17 heteroatoms. The molecule has 0 fully saturated rings. The minimum absolute atomic E-state index is 1.06. The highest BCUT2D eigenvalue weighted by molar-refractivity contribution is 7.86. The summed E-state index contributed by atoms with van der Waals surface area (Å²) in [5, 5.41) is 1.25. The van der Waals surface area contributed by atoms with E-state index in [0.29, 0.717) is 0 Å². The zero-order valence-electron chi connectivity index (χ0n) is 26.4. The fraction of sp³-hybridized carbons (Fsp3) is 0.235. The highest BCUT2D eigenvalue weighted by atomic mass is 32.2. The van der Waals surface area contributed by atoms with E-state index in [1.807, 2.05) is 0 Å². The molecular weight excluding hydrogens is 725 g/mol. The summed E-state index contributed by atoms with van der Waals surface area (Å²) >= 11 is 0. The van der Waals surface area contributed by atoms with Crippen molar-refractivity contribution in [2.24, 2.45) is 0 Å². The van der Waals surface area contributed by atoms with Crippen LogP contribution in [0.2, 0.25) is 0 Å². The van der Waals surface area contributed by atoms with E-state index in [1.165, 1.54) is 62.9 Å². The summed E-state index contributed by atoms with van der Waals surface area (Å²) in [6, 6.07) is 26.7. The second-order valence-electron chi connectivity index (χ2n) is 11.6. The molecule has 0 radical (unpaired) electrons. The molecule has 5 aromatic rings. The van der Waals surface area contributed by atoms with Crippen molar-refractivity contribution >= 4 is 43.3 Å². The van der Waals surface area contributed by atoms with Crippen molar-refractivity contribution in [3.63, 3.8) is 0 Å². The molecule has 1 N–H and O–H groups in total. The molecule has 0 aliphatic carbocycles. The highest BCUT2D eigenvalue weighted by Gasteiger charge is 2.37. The lowest BCUT2D eigenvalue weighted by Crippen LogP contribution is -2.36. The number of rotatable bonds is 2. The van der Waals surface area contributed by atoms with Crippen LogP contribution < -0.4 is 9.13 Å². The molecule has 0 amide bonds. The van der Waals surface area contributed by atoms with Gasteiger partial charge in [0.1, 0.15) is 13.1 Å². The number of fused-ring (bicyclic) bond motifs is 8. The van der Waals surface area contributed by atoms with Crippen molar-refractivity contribution in [3.8, 4) is 22.5 Å². The van der Waals surface area contributed by atoms with E-state index in [1.54, 1.807) is 0 Å². The number of nitrogens with zero attached hydrogens (tertiary/aromatic N) is 2. The fourth-order valence-corrected chi connectivity index (χ4v) is 5.90. The normalized spacial score (nSPS) is 14.4. The molecule has 270 valence electrons. The number of hydrogen-bond acceptors (Lipinski definition) is 6. The lowest BCUT2D eigenvalue weighted by molar-refractivity contribution is -0.687. The number of pyridine rings is 2. The third-order valence-electron chi connectivity index (χ3n) is 8.15. The van der Waals surface area contributed by atoms with Gasteiger partial charge in [0.15, 0.2) is 32.6 Å². The van der Waals surface area contributed by atoms with Crippen molar-refractivity contribution < 1.29 is 61.4 Å². The Hall–Kier alpha value is -4.58. The number of aromatic amines is 1. The van der Waals surface area contributed by atoms with E-state index in [-0.39, 0.29) is 0 Å². The predicted octanol–water partition coefficient (Wildman–Crippen LogP) is 6.24. The van der Waals surface area contributed by atoms with Crippen LogP contribution in [0.4, 0.5) is 26.3 Å². The number of aryl methyl sites for hydroxylation is 4. The monoisotopic (exact) mass is 753 g/mol. The minimum Gasteiger partial charge on any atom is -0.741 e. The van der Waals surface area contributed by atoms with Gasteiger partial charge in [0, 0.05) is 48.3 Å². The van der Waals surface area contributed by atoms with Gasteiger partial charge in [0.2, 0.25) is 11.4 Å². The number of nitrogens with one attached hydrogen (secondary N) is 1. The lowest BCUT2D eigenvalue weighted by Gasteiger charge is -2.13.